The Morgan fingerprint density at radius 3 is 2.75 bits per heavy atom. The Morgan fingerprint density at radius 1 is 1.31 bits per heavy atom. The third-order valence-electron chi connectivity index (χ3n) is 3.67. The van der Waals surface area contributed by atoms with Crippen molar-refractivity contribution in [1.82, 2.24) is 0 Å². The lowest BCUT2D eigenvalue weighted by molar-refractivity contribution is -0.126. The highest BCUT2D eigenvalue weighted by Crippen LogP contribution is 2.36. The van der Waals surface area contributed by atoms with Crippen LogP contribution in [0.4, 0.5) is 0 Å². The SMILES string of the molecule is COC(C(=O)C1=CCCCCCC1)C1CC1. The third kappa shape index (κ3) is 2.94. The second-order valence-corrected chi connectivity index (χ2v) is 5.04. The van der Waals surface area contributed by atoms with E-state index in [1.807, 2.05) is 0 Å². The van der Waals surface area contributed by atoms with E-state index in [-0.39, 0.29) is 11.9 Å². The number of methoxy groups -OCH3 is 1. The molecule has 1 saturated carbocycles. The van der Waals surface area contributed by atoms with Crippen LogP contribution in [0.25, 0.3) is 0 Å². The summed E-state index contributed by atoms with van der Waals surface area (Å²) in [4.78, 5) is 12.3. The number of hydrogen-bond acceptors (Lipinski definition) is 2. The van der Waals surface area contributed by atoms with Crippen LogP contribution in [-0.4, -0.2) is 19.0 Å². The monoisotopic (exact) mass is 222 g/mol. The van der Waals surface area contributed by atoms with Crippen molar-refractivity contribution in [2.45, 2.75) is 57.5 Å². The number of ketones is 1. The zero-order chi connectivity index (χ0) is 11.4. The van der Waals surface area contributed by atoms with Crippen molar-refractivity contribution >= 4 is 5.78 Å². The average Bonchev–Trinajstić information content (AvgIpc) is 3.02. The molecule has 2 aliphatic rings. The zero-order valence-electron chi connectivity index (χ0n) is 10.2. The lowest BCUT2D eigenvalue weighted by Gasteiger charge is -2.17. The second-order valence-electron chi connectivity index (χ2n) is 5.04. The summed E-state index contributed by atoms with van der Waals surface area (Å²) in [5.41, 5.74) is 1.04. The van der Waals surface area contributed by atoms with Gasteiger partial charge in [0, 0.05) is 7.11 Å². The van der Waals surface area contributed by atoms with Gasteiger partial charge in [0.25, 0.3) is 0 Å². The lowest BCUT2D eigenvalue weighted by atomic mass is 9.94. The van der Waals surface area contributed by atoms with Gasteiger partial charge < -0.3 is 4.74 Å². The molecule has 0 aromatic rings. The first-order valence-corrected chi connectivity index (χ1v) is 6.59. The number of carbonyl (C=O) groups excluding carboxylic acids is 1. The number of allylic oxidation sites excluding steroid dienone is 1. The van der Waals surface area contributed by atoms with Gasteiger partial charge in [0.2, 0.25) is 0 Å². The van der Waals surface area contributed by atoms with Gasteiger partial charge in [-0.1, -0.05) is 18.9 Å². The molecule has 1 unspecified atom stereocenters. The quantitative estimate of drug-likeness (QED) is 0.729. The Hall–Kier alpha value is -0.630. The molecular formula is C14H22O2. The standard InChI is InChI=1S/C14H22O2/c1-16-14(12-9-10-12)13(15)11-7-5-3-2-4-6-8-11/h7,12,14H,2-6,8-10H2,1H3. The van der Waals surface area contributed by atoms with E-state index in [0.717, 1.165) is 31.3 Å². The summed E-state index contributed by atoms with van der Waals surface area (Å²) in [7, 11) is 1.67. The van der Waals surface area contributed by atoms with E-state index in [2.05, 4.69) is 6.08 Å². The summed E-state index contributed by atoms with van der Waals surface area (Å²) in [6.45, 7) is 0. The molecule has 16 heavy (non-hydrogen) atoms. The van der Waals surface area contributed by atoms with E-state index < -0.39 is 0 Å². The highest BCUT2D eigenvalue weighted by molar-refractivity contribution is 5.99. The summed E-state index contributed by atoms with van der Waals surface area (Å²) in [5.74, 6) is 0.774. The fraction of sp³-hybridized carbons (Fsp3) is 0.786. The smallest absolute Gasteiger partial charge is 0.187 e. The van der Waals surface area contributed by atoms with Crippen LogP contribution < -0.4 is 0 Å². The molecule has 0 aromatic heterocycles. The summed E-state index contributed by atoms with van der Waals surface area (Å²) < 4.78 is 5.37. The van der Waals surface area contributed by atoms with Crippen molar-refractivity contribution < 1.29 is 9.53 Å². The molecule has 0 heterocycles. The highest BCUT2D eigenvalue weighted by Gasteiger charge is 2.37. The Balaban J connectivity index is 1.99. The first-order chi connectivity index (χ1) is 7.83. The molecule has 2 heteroatoms. The fourth-order valence-corrected chi connectivity index (χ4v) is 2.51. The molecule has 0 saturated heterocycles. The molecule has 1 fully saturated rings. The molecule has 0 aliphatic heterocycles. The number of rotatable bonds is 4. The molecule has 0 radical (unpaired) electrons. The summed E-state index contributed by atoms with van der Waals surface area (Å²) in [6.07, 6.45) is 11.4. The van der Waals surface area contributed by atoms with Crippen molar-refractivity contribution in [3.05, 3.63) is 11.6 Å². The molecule has 0 N–H and O–H groups in total. The molecule has 1 atom stereocenters. The zero-order valence-corrected chi connectivity index (χ0v) is 10.2. The third-order valence-corrected chi connectivity index (χ3v) is 3.67. The van der Waals surface area contributed by atoms with E-state index >= 15 is 0 Å². The van der Waals surface area contributed by atoms with Crippen LogP contribution in [0, 0.1) is 5.92 Å². The van der Waals surface area contributed by atoms with Gasteiger partial charge in [-0.15, -0.1) is 0 Å². The molecule has 0 bridgehead atoms. The van der Waals surface area contributed by atoms with E-state index in [0.29, 0.717) is 5.92 Å². The molecular weight excluding hydrogens is 200 g/mol. The van der Waals surface area contributed by atoms with Crippen molar-refractivity contribution in [2.75, 3.05) is 7.11 Å². The number of hydrogen-bond donors (Lipinski definition) is 0. The first-order valence-electron chi connectivity index (χ1n) is 6.59. The molecule has 0 amide bonds. The Kier molecular flexibility index (Phi) is 4.16. The number of carbonyl (C=O) groups is 1. The van der Waals surface area contributed by atoms with Crippen molar-refractivity contribution in [3.8, 4) is 0 Å². The second kappa shape index (κ2) is 5.62. The predicted octanol–water partition coefficient (Wildman–Crippen LogP) is 3.26. The van der Waals surface area contributed by atoms with Crippen LogP contribution >= 0.6 is 0 Å². The Bertz CT molecular complexity index is 276. The van der Waals surface area contributed by atoms with Gasteiger partial charge in [-0.2, -0.15) is 0 Å². The minimum Gasteiger partial charge on any atom is -0.373 e. The molecule has 2 rings (SSSR count). The fourth-order valence-electron chi connectivity index (χ4n) is 2.51. The normalized spacial score (nSPS) is 24.2. The van der Waals surface area contributed by atoms with Crippen LogP contribution in [0.3, 0.4) is 0 Å². The number of ether oxygens (including phenoxy) is 1. The minimum absolute atomic E-state index is 0.148. The van der Waals surface area contributed by atoms with Crippen LogP contribution in [-0.2, 0) is 9.53 Å². The van der Waals surface area contributed by atoms with E-state index in [1.165, 1.54) is 25.7 Å². The minimum atomic E-state index is -0.148. The van der Waals surface area contributed by atoms with Gasteiger partial charge in [0.05, 0.1) is 0 Å². The number of Topliss-reactive ketones (excluding diaryl/α,β-unsaturated/α-hetero) is 1. The maximum Gasteiger partial charge on any atom is 0.187 e. The van der Waals surface area contributed by atoms with E-state index in [1.54, 1.807) is 7.11 Å². The van der Waals surface area contributed by atoms with Crippen molar-refractivity contribution in [2.24, 2.45) is 5.92 Å². The topological polar surface area (TPSA) is 26.3 Å². The van der Waals surface area contributed by atoms with Gasteiger partial charge in [0.1, 0.15) is 6.10 Å². The summed E-state index contributed by atoms with van der Waals surface area (Å²) in [6, 6.07) is 0. The van der Waals surface area contributed by atoms with E-state index in [4.69, 9.17) is 4.74 Å². The van der Waals surface area contributed by atoms with Gasteiger partial charge in [-0.3, -0.25) is 4.79 Å². The molecule has 0 spiro atoms. The Morgan fingerprint density at radius 2 is 2.06 bits per heavy atom. The average molecular weight is 222 g/mol. The molecule has 2 nitrogen and oxygen atoms in total. The van der Waals surface area contributed by atoms with Gasteiger partial charge in [-0.05, 0) is 50.0 Å². The first kappa shape index (κ1) is 11.8. The van der Waals surface area contributed by atoms with Gasteiger partial charge in [-0.25, -0.2) is 0 Å². The van der Waals surface area contributed by atoms with Crippen LogP contribution in [0.15, 0.2) is 11.6 Å². The van der Waals surface area contributed by atoms with Gasteiger partial charge in [0.15, 0.2) is 5.78 Å². The van der Waals surface area contributed by atoms with E-state index in [9.17, 15) is 4.79 Å². The summed E-state index contributed by atoms with van der Waals surface area (Å²) >= 11 is 0. The highest BCUT2D eigenvalue weighted by atomic mass is 16.5. The van der Waals surface area contributed by atoms with Crippen molar-refractivity contribution in [3.63, 3.8) is 0 Å². The Labute approximate surface area is 98.1 Å². The maximum absolute atomic E-state index is 12.3. The van der Waals surface area contributed by atoms with Crippen LogP contribution in [0.5, 0.6) is 0 Å². The largest absolute Gasteiger partial charge is 0.373 e. The van der Waals surface area contributed by atoms with Gasteiger partial charge >= 0.3 is 0 Å². The summed E-state index contributed by atoms with van der Waals surface area (Å²) in [5, 5.41) is 0. The lowest BCUT2D eigenvalue weighted by Crippen LogP contribution is -2.27. The van der Waals surface area contributed by atoms with Crippen LogP contribution in [0.1, 0.15) is 51.4 Å². The molecule has 90 valence electrons. The maximum atomic E-state index is 12.3. The predicted molar refractivity (Wildman–Crippen MR) is 64.3 cm³/mol. The molecule has 0 aromatic carbocycles. The van der Waals surface area contributed by atoms with Crippen molar-refractivity contribution in [1.29, 1.82) is 0 Å². The van der Waals surface area contributed by atoms with Crippen LogP contribution in [0.2, 0.25) is 0 Å². The molecule has 2 aliphatic carbocycles.